The zero-order valence-corrected chi connectivity index (χ0v) is 16.6. The zero-order chi connectivity index (χ0) is 19.0. The predicted octanol–water partition coefficient (Wildman–Crippen LogP) is 4.02. The Hall–Kier alpha value is -1.30. The fourth-order valence-corrected chi connectivity index (χ4v) is 3.70. The highest BCUT2D eigenvalue weighted by Crippen LogP contribution is 2.36. The number of ether oxygens (including phenoxy) is 1. The molecule has 1 aliphatic heterocycles. The molecule has 0 aliphatic carbocycles. The number of amides is 1. The van der Waals surface area contributed by atoms with E-state index in [1.165, 1.54) is 5.06 Å². The van der Waals surface area contributed by atoms with Crippen LogP contribution in [-0.4, -0.2) is 38.9 Å². The molecule has 1 heterocycles. The lowest BCUT2D eigenvalue weighted by Gasteiger charge is -2.51. The lowest BCUT2D eigenvalue weighted by Crippen LogP contribution is -2.64. The summed E-state index contributed by atoms with van der Waals surface area (Å²) in [6.07, 6.45) is 1.32. The summed E-state index contributed by atoms with van der Waals surface area (Å²) in [4.78, 5) is 12.8. The largest absolute Gasteiger partial charge is 0.478 e. The maximum Gasteiger partial charge on any atom is 0.263 e. The summed E-state index contributed by atoms with van der Waals surface area (Å²) in [5.74, 6) is 0.417. The summed E-state index contributed by atoms with van der Waals surface area (Å²) < 4.78 is 5.85. The van der Waals surface area contributed by atoms with Crippen LogP contribution in [0.4, 0.5) is 0 Å². The van der Waals surface area contributed by atoms with Crippen LogP contribution < -0.4 is 10.1 Å². The number of rotatable bonds is 4. The van der Waals surface area contributed by atoms with Crippen molar-refractivity contribution in [1.82, 2.24) is 10.4 Å². The number of benzene rings is 1. The van der Waals surface area contributed by atoms with Crippen molar-refractivity contribution in [3.8, 4) is 5.75 Å². The van der Waals surface area contributed by atoms with E-state index in [0.717, 1.165) is 0 Å². The van der Waals surface area contributed by atoms with Gasteiger partial charge in [-0.05, 0) is 78.6 Å². The molecule has 1 saturated heterocycles. The first-order valence-electron chi connectivity index (χ1n) is 8.58. The molecule has 0 spiro atoms. The Balaban J connectivity index is 2.06. The summed E-state index contributed by atoms with van der Waals surface area (Å²) >= 11 is 5.88. The van der Waals surface area contributed by atoms with Gasteiger partial charge in [-0.25, -0.2) is 0 Å². The third-order valence-electron chi connectivity index (χ3n) is 4.71. The highest BCUT2D eigenvalue weighted by Gasteiger charge is 2.46. The number of piperidine rings is 1. The van der Waals surface area contributed by atoms with Gasteiger partial charge in [0.25, 0.3) is 5.91 Å². The Bertz CT molecular complexity index is 608. The van der Waals surface area contributed by atoms with Crippen molar-refractivity contribution in [1.29, 1.82) is 0 Å². The molecule has 5 nitrogen and oxygen atoms in total. The summed E-state index contributed by atoms with van der Waals surface area (Å²) in [5.41, 5.74) is -1.85. The van der Waals surface area contributed by atoms with Crippen LogP contribution in [0.15, 0.2) is 24.3 Å². The van der Waals surface area contributed by atoms with Crippen LogP contribution in [0.2, 0.25) is 5.02 Å². The Morgan fingerprint density at radius 3 is 2.16 bits per heavy atom. The molecule has 25 heavy (non-hydrogen) atoms. The van der Waals surface area contributed by atoms with Crippen molar-refractivity contribution in [3.05, 3.63) is 29.3 Å². The number of nitrogens with zero attached hydrogens (tertiary/aromatic N) is 1. The molecule has 6 heteroatoms. The van der Waals surface area contributed by atoms with E-state index in [1.807, 2.05) is 27.7 Å². The van der Waals surface area contributed by atoms with Gasteiger partial charge < -0.3 is 15.3 Å². The molecular formula is C19H29ClN2O3. The lowest BCUT2D eigenvalue weighted by atomic mass is 9.79. The van der Waals surface area contributed by atoms with Crippen LogP contribution in [0.25, 0.3) is 0 Å². The zero-order valence-electron chi connectivity index (χ0n) is 15.9. The molecule has 1 aliphatic rings. The molecule has 1 aromatic rings. The molecular weight excluding hydrogens is 340 g/mol. The van der Waals surface area contributed by atoms with Gasteiger partial charge in [0, 0.05) is 22.1 Å². The van der Waals surface area contributed by atoms with Crippen molar-refractivity contribution < 1.29 is 14.7 Å². The maximum absolute atomic E-state index is 12.8. The fraction of sp³-hybridized carbons (Fsp3) is 0.632. The van der Waals surface area contributed by atoms with Crippen molar-refractivity contribution in [2.45, 2.75) is 77.1 Å². The normalized spacial score (nSPS) is 21.0. The Kier molecular flexibility index (Phi) is 5.43. The van der Waals surface area contributed by atoms with E-state index in [1.54, 1.807) is 38.1 Å². The van der Waals surface area contributed by atoms with Gasteiger partial charge in [0.15, 0.2) is 5.60 Å². The molecule has 0 bridgehead atoms. The predicted molar refractivity (Wildman–Crippen MR) is 99.1 cm³/mol. The van der Waals surface area contributed by atoms with E-state index in [0.29, 0.717) is 23.6 Å². The van der Waals surface area contributed by atoms with Crippen LogP contribution >= 0.6 is 11.6 Å². The molecule has 0 atom stereocenters. The van der Waals surface area contributed by atoms with Crippen LogP contribution in [0.5, 0.6) is 5.75 Å². The fourth-order valence-electron chi connectivity index (χ4n) is 3.58. The van der Waals surface area contributed by atoms with E-state index in [9.17, 15) is 10.0 Å². The second-order valence-corrected chi connectivity index (χ2v) is 9.02. The SMILES string of the molecule is CC(C)(Oc1ccc(Cl)cc1)C(=O)NC1CC(C)(C)N(O)C(C)(C)C1. The van der Waals surface area contributed by atoms with Crippen LogP contribution in [0.3, 0.4) is 0 Å². The Morgan fingerprint density at radius 1 is 1.20 bits per heavy atom. The first-order chi connectivity index (χ1) is 11.3. The van der Waals surface area contributed by atoms with E-state index in [-0.39, 0.29) is 11.9 Å². The lowest BCUT2D eigenvalue weighted by molar-refractivity contribution is -0.246. The van der Waals surface area contributed by atoms with Gasteiger partial charge >= 0.3 is 0 Å². The van der Waals surface area contributed by atoms with Crippen molar-refractivity contribution in [3.63, 3.8) is 0 Å². The highest BCUT2D eigenvalue weighted by molar-refractivity contribution is 6.30. The molecule has 1 fully saturated rings. The number of hydroxylamine groups is 2. The minimum absolute atomic E-state index is 0.0333. The van der Waals surface area contributed by atoms with E-state index in [4.69, 9.17) is 16.3 Å². The Labute approximate surface area is 155 Å². The second kappa shape index (κ2) is 6.78. The highest BCUT2D eigenvalue weighted by atomic mass is 35.5. The molecule has 0 aromatic heterocycles. The summed E-state index contributed by atoms with van der Waals surface area (Å²) in [6, 6.07) is 6.91. The first-order valence-corrected chi connectivity index (χ1v) is 8.96. The number of carbonyl (C=O) groups excluding carboxylic acids is 1. The Morgan fingerprint density at radius 2 is 1.68 bits per heavy atom. The molecule has 0 saturated carbocycles. The molecule has 140 valence electrons. The van der Waals surface area contributed by atoms with Gasteiger partial charge in [-0.15, -0.1) is 0 Å². The molecule has 2 N–H and O–H groups in total. The smallest absolute Gasteiger partial charge is 0.263 e. The van der Waals surface area contributed by atoms with E-state index in [2.05, 4.69) is 5.32 Å². The van der Waals surface area contributed by atoms with Crippen molar-refractivity contribution >= 4 is 17.5 Å². The van der Waals surface area contributed by atoms with Crippen molar-refractivity contribution in [2.75, 3.05) is 0 Å². The number of halogens is 1. The number of nitrogens with one attached hydrogen (secondary N) is 1. The minimum Gasteiger partial charge on any atom is -0.478 e. The number of hydrogen-bond donors (Lipinski definition) is 2. The maximum atomic E-state index is 12.8. The minimum atomic E-state index is -1.02. The van der Waals surface area contributed by atoms with Gasteiger partial charge in [-0.2, -0.15) is 5.06 Å². The molecule has 0 unspecified atom stereocenters. The summed E-state index contributed by atoms with van der Waals surface area (Å²) in [6.45, 7) is 11.4. The standard InChI is InChI=1S/C19H29ClN2O3/c1-17(2)11-14(12-18(3,4)22(17)24)21-16(23)19(5,6)25-15-9-7-13(20)8-10-15/h7-10,14,24H,11-12H2,1-6H3,(H,21,23). The third-order valence-corrected chi connectivity index (χ3v) is 4.96. The molecule has 2 rings (SSSR count). The average Bonchev–Trinajstić information content (AvgIpc) is 2.46. The van der Waals surface area contributed by atoms with Crippen LogP contribution in [-0.2, 0) is 4.79 Å². The van der Waals surface area contributed by atoms with Gasteiger partial charge in [-0.3, -0.25) is 4.79 Å². The molecule has 1 amide bonds. The second-order valence-electron chi connectivity index (χ2n) is 8.58. The topological polar surface area (TPSA) is 61.8 Å². The van der Waals surface area contributed by atoms with Crippen molar-refractivity contribution in [2.24, 2.45) is 0 Å². The third kappa shape index (κ3) is 4.66. The number of carbonyl (C=O) groups is 1. The van der Waals surface area contributed by atoms with Crippen LogP contribution in [0, 0.1) is 0 Å². The monoisotopic (exact) mass is 368 g/mol. The van der Waals surface area contributed by atoms with Crippen LogP contribution in [0.1, 0.15) is 54.4 Å². The molecule has 1 aromatic carbocycles. The molecule has 0 radical (unpaired) electrons. The summed E-state index contributed by atoms with van der Waals surface area (Å²) in [7, 11) is 0. The van der Waals surface area contributed by atoms with E-state index >= 15 is 0 Å². The van der Waals surface area contributed by atoms with Gasteiger partial charge in [0.2, 0.25) is 0 Å². The quantitative estimate of drug-likeness (QED) is 0.842. The van der Waals surface area contributed by atoms with Gasteiger partial charge in [0.05, 0.1) is 0 Å². The summed E-state index contributed by atoms with van der Waals surface area (Å²) in [5, 5.41) is 15.5. The van der Waals surface area contributed by atoms with Gasteiger partial charge in [0.1, 0.15) is 5.75 Å². The average molecular weight is 369 g/mol. The van der Waals surface area contributed by atoms with Gasteiger partial charge in [-0.1, -0.05) is 11.6 Å². The van der Waals surface area contributed by atoms with E-state index < -0.39 is 16.7 Å². The number of hydrogen-bond acceptors (Lipinski definition) is 4. The first kappa shape index (κ1) is 20.0.